The summed E-state index contributed by atoms with van der Waals surface area (Å²) in [6.45, 7) is 9.96. The average molecular weight is 285 g/mol. The molecule has 0 fully saturated rings. The molecule has 0 saturated carbocycles. The lowest BCUT2D eigenvalue weighted by Gasteiger charge is -2.00. The minimum atomic E-state index is 0.433. The molecule has 0 bridgehead atoms. The highest BCUT2D eigenvalue weighted by atomic mass is 16.3. The van der Waals surface area contributed by atoms with Crippen LogP contribution in [0.1, 0.15) is 33.3 Å². The molecule has 1 aromatic carbocycles. The molecule has 0 unspecified atom stereocenters. The van der Waals surface area contributed by atoms with Gasteiger partial charge in [-0.2, -0.15) is 0 Å². The van der Waals surface area contributed by atoms with Crippen molar-refractivity contribution in [1.82, 2.24) is 9.97 Å². The molecule has 0 aliphatic heterocycles. The van der Waals surface area contributed by atoms with Crippen molar-refractivity contribution in [2.75, 3.05) is 5.73 Å². The molecule has 0 aliphatic carbocycles. The molecule has 2 N–H and O–H groups in total. The number of benzene rings is 1. The van der Waals surface area contributed by atoms with E-state index in [9.17, 15) is 0 Å². The maximum atomic E-state index is 5.83. The molecule has 3 aromatic rings. The summed E-state index contributed by atoms with van der Waals surface area (Å²) in [4.78, 5) is 8.50. The second-order valence-electron chi connectivity index (χ2n) is 3.93. The van der Waals surface area contributed by atoms with Crippen LogP contribution in [0.2, 0.25) is 0 Å². The third kappa shape index (κ3) is 3.81. The summed E-state index contributed by atoms with van der Waals surface area (Å²) < 4.78 is 5.66. The number of para-hydroxylation sites is 2. The zero-order valence-electron chi connectivity index (χ0n) is 13.3. The molecular weight excluding hydrogens is 262 g/mol. The van der Waals surface area contributed by atoms with Gasteiger partial charge in [-0.1, -0.05) is 39.8 Å². The van der Waals surface area contributed by atoms with Gasteiger partial charge in [0.2, 0.25) is 5.89 Å². The van der Waals surface area contributed by atoms with Crippen LogP contribution in [0.15, 0.2) is 40.9 Å². The summed E-state index contributed by atoms with van der Waals surface area (Å²) in [7, 11) is 0. The third-order valence-corrected chi connectivity index (χ3v) is 2.58. The largest absolute Gasteiger partial charge is 0.436 e. The highest BCUT2D eigenvalue weighted by Crippen LogP contribution is 2.27. The SMILES string of the molecule is CC.CC.Cc1cnc(N)c(-c2nc3ccccc3o2)c1. The van der Waals surface area contributed by atoms with Crippen molar-refractivity contribution in [2.45, 2.75) is 34.6 Å². The molecule has 0 spiro atoms. The van der Waals surface area contributed by atoms with E-state index >= 15 is 0 Å². The second kappa shape index (κ2) is 8.04. The van der Waals surface area contributed by atoms with Crippen molar-refractivity contribution in [3.05, 3.63) is 42.1 Å². The molecule has 3 rings (SSSR count). The molecule has 21 heavy (non-hydrogen) atoms. The summed E-state index contributed by atoms with van der Waals surface area (Å²) in [5.41, 5.74) is 9.17. The quantitative estimate of drug-likeness (QED) is 0.695. The van der Waals surface area contributed by atoms with Gasteiger partial charge in [0, 0.05) is 6.20 Å². The van der Waals surface area contributed by atoms with Gasteiger partial charge in [0.1, 0.15) is 11.3 Å². The van der Waals surface area contributed by atoms with Crippen LogP contribution in [0.4, 0.5) is 5.82 Å². The van der Waals surface area contributed by atoms with Crippen LogP contribution in [-0.2, 0) is 0 Å². The van der Waals surface area contributed by atoms with Crippen LogP contribution in [0.5, 0.6) is 0 Å². The predicted octanol–water partition coefficient (Wildman–Crippen LogP) is 4.83. The molecule has 2 aromatic heterocycles. The number of pyridine rings is 1. The lowest BCUT2D eigenvalue weighted by Crippen LogP contribution is -1.94. The van der Waals surface area contributed by atoms with E-state index in [2.05, 4.69) is 9.97 Å². The Morgan fingerprint density at radius 1 is 1.05 bits per heavy atom. The Balaban J connectivity index is 0.000000510. The van der Waals surface area contributed by atoms with E-state index in [0.717, 1.165) is 22.2 Å². The lowest BCUT2D eigenvalue weighted by molar-refractivity contribution is 0.620. The van der Waals surface area contributed by atoms with Crippen LogP contribution in [0.25, 0.3) is 22.6 Å². The van der Waals surface area contributed by atoms with Crippen LogP contribution in [0, 0.1) is 6.92 Å². The Kier molecular flexibility index (Phi) is 6.40. The van der Waals surface area contributed by atoms with Gasteiger partial charge >= 0.3 is 0 Å². The van der Waals surface area contributed by atoms with Gasteiger partial charge < -0.3 is 10.2 Å². The van der Waals surface area contributed by atoms with Crippen molar-refractivity contribution in [1.29, 1.82) is 0 Å². The average Bonchev–Trinajstić information content (AvgIpc) is 2.97. The van der Waals surface area contributed by atoms with E-state index in [4.69, 9.17) is 10.2 Å². The zero-order chi connectivity index (χ0) is 15.8. The standard InChI is InChI=1S/C13H11N3O.2C2H6/c1-8-6-9(12(14)15-7-8)13-16-10-4-2-3-5-11(10)17-13;2*1-2/h2-7H,1H3,(H2,14,15);2*1-2H3. The smallest absolute Gasteiger partial charge is 0.231 e. The Morgan fingerprint density at radius 3 is 2.38 bits per heavy atom. The third-order valence-electron chi connectivity index (χ3n) is 2.58. The van der Waals surface area contributed by atoms with Crippen LogP contribution < -0.4 is 5.73 Å². The van der Waals surface area contributed by atoms with Crippen LogP contribution >= 0.6 is 0 Å². The summed E-state index contributed by atoms with van der Waals surface area (Å²) in [5, 5.41) is 0. The maximum Gasteiger partial charge on any atom is 0.231 e. The van der Waals surface area contributed by atoms with Crippen molar-refractivity contribution in [3.63, 3.8) is 0 Å². The Labute approximate surface area is 126 Å². The summed E-state index contributed by atoms with van der Waals surface area (Å²) >= 11 is 0. The Morgan fingerprint density at radius 2 is 1.71 bits per heavy atom. The van der Waals surface area contributed by atoms with E-state index in [1.54, 1.807) is 6.20 Å². The summed E-state index contributed by atoms with van der Waals surface area (Å²) in [5.74, 6) is 0.946. The number of oxazole rings is 1. The van der Waals surface area contributed by atoms with Gasteiger partial charge in [-0.15, -0.1) is 0 Å². The zero-order valence-corrected chi connectivity index (χ0v) is 13.3. The first-order valence-corrected chi connectivity index (χ1v) is 7.32. The van der Waals surface area contributed by atoms with Crippen molar-refractivity contribution < 1.29 is 4.42 Å². The summed E-state index contributed by atoms with van der Waals surface area (Å²) in [6.07, 6.45) is 1.72. The minimum Gasteiger partial charge on any atom is -0.436 e. The van der Waals surface area contributed by atoms with Crippen molar-refractivity contribution in [3.8, 4) is 11.5 Å². The number of anilines is 1. The topological polar surface area (TPSA) is 64.9 Å². The van der Waals surface area contributed by atoms with Gasteiger partial charge in [0.05, 0.1) is 5.56 Å². The fraction of sp³-hybridized carbons (Fsp3) is 0.294. The number of nitrogen functional groups attached to an aromatic ring is 1. The second-order valence-corrected chi connectivity index (χ2v) is 3.93. The molecule has 0 atom stereocenters. The molecule has 4 nitrogen and oxygen atoms in total. The van der Waals surface area contributed by atoms with Gasteiger partial charge in [0.15, 0.2) is 5.58 Å². The molecule has 0 amide bonds. The van der Waals surface area contributed by atoms with E-state index < -0.39 is 0 Å². The molecule has 2 heterocycles. The summed E-state index contributed by atoms with van der Waals surface area (Å²) in [6, 6.07) is 9.54. The molecule has 0 aliphatic rings. The van der Waals surface area contributed by atoms with Crippen molar-refractivity contribution in [2.24, 2.45) is 0 Å². The number of fused-ring (bicyclic) bond motifs is 1. The van der Waals surface area contributed by atoms with E-state index in [0.29, 0.717) is 11.7 Å². The molecule has 0 radical (unpaired) electrons. The molecular formula is C17H23N3O. The van der Waals surface area contributed by atoms with Gasteiger partial charge in [0.25, 0.3) is 0 Å². The monoisotopic (exact) mass is 285 g/mol. The van der Waals surface area contributed by atoms with Gasteiger partial charge in [-0.25, -0.2) is 9.97 Å². The van der Waals surface area contributed by atoms with Gasteiger partial charge in [-0.05, 0) is 30.7 Å². The number of hydrogen-bond acceptors (Lipinski definition) is 4. The number of aryl methyl sites for hydroxylation is 1. The number of hydrogen-bond donors (Lipinski definition) is 1. The molecule has 112 valence electrons. The lowest BCUT2D eigenvalue weighted by atomic mass is 10.2. The first-order chi connectivity index (χ1) is 10.2. The van der Waals surface area contributed by atoms with Crippen LogP contribution in [0.3, 0.4) is 0 Å². The number of rotatable bonds is 1. The predicted molar refractivity (Wildman–Crippen MR) is 89.1 cm³/mol. The molecule has 0 saturated heterocycles. The fourth-order valence-electron chi connectivity index (χ4n) is 1.74. The maximum absolute atomic E-state index is 5.83. The number of aromatic nitrogens is 2. The highest BCUT2D eigenvalue weighted by Gasteiger charge is 2.11. The van der Waals surface area contributed by atoms with E-state index in [-0.39, 0.29) is 0 Å². The number of nitrogens with zero attached hydrogens (tertiary/aromatic N) is 2. The highest BCUT2D eigenvalue weighted by molar-refractivity contribution is 5.78. The van der Waals surface area contributed by atoms with E-state index in [1.807, 2.05) is 65.0 Å². The Hall–Kier alpha value is -2.36. The number of nitrogens with two attached hydrogens (primary N) is 1. The first kappa shape index (κ1) is 16.7. The Bertz CT molecular complexity index is 656. The minimum absolute atomic E-state index is 0.433. The van der Waals surface area contributed by atoms with Crippen LogP contribution in [-0.4, -0.2) is 9.97 Å². The van der Waals surface area contributed by atoms with Gasteiger partial charge in [-0.3, -0.25) is 0 Å². The normalized spacial score (nSPS) is 9.38. The first-order valence-electron chi connectivity index (χ1n) is 7.32. The van der Waals surface area contributed by atoms with Crippen molar-refractivity contribution >= 4 is 16.9 Å². The molecule has 4 heteroatoms. The van der Waals surface area contributed by atoms with E-state index in [1.165, 1.54) is 0 Å². The fourth-order valence-corrected chi connectivity index (χ4v) is 1.74.